The lowest BCUT2D eigenvalue weighted by Crippen LogP contribution is -2.63. The SMILES string of the molecule is COC(=O)/C=C/C[C@]1(N=[N+]=[N-])O[C@H](COCc2ccccc2)[C@H](OCc2ccccc2)[C@H](n2cc(-c3cc(F)c(F)c(F)c3)nn2)[C@H]1OCc1ccccc1. The van der Waals surface area contributed by atoms with Crippen LogP contribution in [-0.4, -0.2) is 58.7 Å². The van der Waals surface area contributed by atoms with Gasteiger partial charge in [-0.2, -0.15) is 0 Å². The van der Waals surface area contributed by atoms with Crippen LogP contribution in [0.1, 0.15) is 29.2 Å². The molecule has 12 nitrogen and oxygen atoms in total. The fourth-order valence-electron chi connectivity index (χ4n) is 6.31. The van der Waals surface area contributed by atoms with Crippen LogP contribution in [0.15, 0.2) is 127 Å². The van der Waals surface area contributed by atoms with Gasteiger partial charge in [-0.15, -0.1) is 5.10 Å². The van der Waals surface area contributed by atoms with Gasteiger partial charge < -0.3 is 23.7 Å². The molecule has 1 aromatic heterocycles. The third kappa shape index (κ3) is 9.65. The van der Waals surface area contributed by atoms with Crippen molar-refractivity contribution in [2.45, 2.75) is 56.3 Å². The molecule has 15 heteroatoms. The van der Waals surface area contributed by atoms with Gasteiger partial charge in [0, 0.05) is 23.0 Å². The van der Waals surface area contributed by atoms with Crippen molar-refractivity contribution in [3.8, 4) is 11.3 Å². The summed E-state index contributed by atoms with van der Waals surface area (Å²) >= 11 is 0. The number of hydrogen-bond donors (Lipinski definition) is 0. The largest absolute Gasteiger partial charge is 0.466 e. The maximum absolute atomic E-state index is 14.4. The monoisotopic (exact) mass is 754 g/mol. The van der Waals surface area contributed by atoms with E-state index in [1.54, 1.807) is 0 Å². The predicted molar refractivity (Wildman–Crippen MR) is 193 cm³/mol. The zero-order valence-electron chi connectivity index (χ0n) is 29.7. The molecule has 0 spiro atoms. The Morgan fingerprint density at radius 2 is 1.49 bits per heavy atom. The van der Waals surface area contributed by atoms with Crippen molar-refractivity contribution >= 4 is 5.97 Å². The van der Waals surface area contributed by atoms with Gasteiger partial charge in [0.05, 0.1) is 39.7 Å². The van der Waals surface area contributed by atoms with Crippen LogP contribution >= 0.6 is 0 Å². The molecule has 2 heterocycles. The second-order valence-electron chi connectivity index (χ2n) is 12.6. The molecular formula is C40H37F3N6O6. The minimum Gasteiger partial charge on any atom is -0.466 e. The lowest BCUT2D eigenvalue weighted by molar-refractivity contribution is -0.279. The van der Waals surface area contributed by atoms with Crippen LogP contribution in [0.2, 0.25) is 0 Å². The number of benzene rings is 4. The number of ether oxygens (including phenoxy) is 5. The molecule has 6 rings (SSSR count). The first-order chi connectivity index (χ1) is 26.8. The summed E-state index contributed by atoms with van der Waals surface area (Å²) in [6.45, 7) is 0.232. The second kappa shape index (κ2) is 18.5. The Labute approximate surface area is 314 Å². The molecule has 0 amide bonds. The number of rotatable bonds is 16. The smallest absolute Gasteiger partial charge is 0.330 e. The Kier molecular flexibility index (Phi) is 13.1. The number of nitrogens with zero attached hydrogens (tertiary/aromatic N) is 6. The summed E-state index contributed by atoms with van der Waals surface area (Å²) in [5, 5.41) is 12.7. The Balaban J connectivity index is 1.48. The highest BCUT2D eigenvalue weighted by atomic mass is 19.2. The first-order valence-electron chi connectivity index (χ1n) is 17.3. The quantitative estimate of drug-likeness (QED) is 0.0248. The van der Waals surface area contributed by atoms with Gasteiger partial charge in [-0.25, -0.2) is 22.6 Å². The summed E-state index contributed by atoms with van der Waals surface area (Å²) in [5.41, 5.74) is 10.6. The summed E-state index contributed by atoms with van der Waals surface area (Å²) in [5.74, 6) is -5.09. The molecule has 0 N–H and O–H groups in total. The van der Waals surface area contributed by atoms with Crippen molar-refractivity contribution < 1.29 is 41.7 Å². The number of methoxy groups -OCH3 is 1. The highest BCUT2D eigenvalue weighted by molar-refractivity contribution is 5.81. The minimum absolute atomic E-state index is 0.00441. The third-order valence-electron chi connectivity index (χ3n) is 8.94. The van der Waals surface area contributed by atoms with Crippen molar-refractivity contribution in [1.29, 1.82) is 0 Å². The molecule has 0 bridgehead atoms. The van der Waals surface area contributed by atoms with Gasteiger partial charge in [-0.3, -0.25) is 0 Å². The van der Waals surface area contributed by atoms with Gasteiger partial charge in [-0.05, 0) is 34.4 Å². The Bertz CT molecular complexity index is 2080. The molecule has 1 fully saturated rings. The molecule has 55 heavy (non-hydrogen) atoms. The highest BCUT2D eigenvalue weighted by Crippen LogP contribution is 2.44. The van der Waals surface area contributed by atoms with Crippen molar-refractivity contribution in [1.82, 2.24) is 15.0 Å². The van der Waals surface area contributed by atoms with Crippen LogP contribution in [0, 0.1) is 17.5 Å². The molecule has 1 saturated heterocycles. The summed E-state index contributed by atoms with van der Waals surface area (Å²) in [6, 6.07) is 28.6. The molecule has 1 aliphatic rings. The van der Waals surface area contributed by atoms with Crippen LogP contribution < -0.4 is 0 Å². The van der Waals surface area contributed by atoms with Crippen LogP contribution in [0.3, 0.4) is 0 Å². The van der Waals surface area contributed by atoms with E-state index >= 15 is 0 Å². The molecule has 0 radical (unpaired) electrons. The minimum atomic E-state index is -1.87. The Hall–Kier alpha value is -5.83. The number of hydrogen-bond acceptors (Lipinski definition) is 9. The third-order valence-corrected chi connectivity index (χ3v) is 8.94. The normalized spacial score (nSPS) is 20.9. The number of azide groups is 1. The van der Waals surface area contributed by atoms with Crippen LogP contribution in [0.4, 0.5) is 13.2 Å². The zero-order chi connectivity index (χ0) is 38.6. The Morgan fingerprint density at radius 1 is 0.909 bits per heavy atom. The average molecular weight is 755 g/mol. The van der Waals surface area contributed by atoms with E-state index < -0.39 is 53.5 Å². The fraction of sp³-hybridized carbons (Fsp3) is 0.275. The number of halogens is 3. The maximum Gasteiger partial charge on any atom is 0.330 e. The fourth-order valence-corrected chi connectivity index (χ4v) is 6.31. The number of esters is 1. The van der Waals surface area contributed by atoms with Crippen molar-refractivity contribution in [3.63, 3.8) is 0 Å². The van der Waals surface area contributed by atoms with Gasteiger partial charge in [0.25, 0.3) is 0 Å². The van der Waals surface area contributed by atoms with E-state index in [9.17, 15) is 23.5 Å². The van der Waals surface area contributed by atoms with Crippen molar-refractivity contribution in [3.05, 3.63) is 166 Å². The summed E-state index contributed by atoms with van der Waals surface area (Å²) < 4.78 is 75.2. The van der Waals surface area contributed by atoms with E-state index in [1.165, 1.54) is 30.1 Å². The molecule has 284 valence electrons. The molecule has 5 atom stereocenters. The Morgan fingerprint density at radius 3 is 2.07 bits per heavy atom. The summed E-state index contributed by atoms with van der Waals surface area (Å²) in [7, 11) is 1.23. The number of carbonyl (C=O) groups excluding carboxylic acids is 1. The summed E-state index contributed by atoms with van der Waals surface area (Å²) in [6.07, 6.45) is 0.698. The molecular weight excluding hydrogens is 717 g/mol. The molecule has 0 aliphatic carbocycles. The summed E-state index contributed by atoms with van der Waals surface area (Å²) in [4.78, 5) is 15.4. The topological polar surface area (TPSA) is 143 Å². The van der Waals surface area contributed by atoms with Gasteiger partial charge in [0.1, 0.15) is 30.0 Å². The van der Waals surface area contributed by atoms with E-state index in [4.69, 9.17) is 23.7 Å². The van der Waals surface area contributed by atoms with Gasteiger partial charge in [-0.1, -0.05) is 107 Å². The lowest BCUT2D eigenvalue weighted by Gasteiger charge is -2.50. The van der Waals surface area contributed by atoms with E-state index in [0.717, 1.165) is 28.8 Å². The lowest BCUT2D eigenvalue weighted by atomic mass is 9.86. The molecule has 4 aromatic carbocycles. The average Bonchev–Trinajstić information content (AvgIpc) is 3.70. The first-order valence-corrected chi connectivity index (χ1v) is 17.3. The van der Waals surface area contributed by atoms with Gasteiger partial charge in [0.2, 0.25) is 0 Å². The van der Waals surface area contributed by atoms with Gasteiger partial charge in [0.15, 0.2) is 23.2 Å². The van der Waals surface area contributed by atoms with Crippen LogP contribution in [-0.2, 0) is 48.3 Å². The predicted octanol–water partition coefficient (Wildman–Crippen LogP) is 7.82. The van der Waals surface area contributed by atoms with E-state index in [2.05, 4.69) is 20.3 Å². The van der Waals surface area contributed by atoms with Crippen molar-refractivity contribution in [2.24, 2.45) is 5.11 Å². The molecule has 0 unspecified atom stereocenters. The van der Waals surface area contributed by atoms with Crippen LogP contribution in [0.5, 0.6) is 0 Å². The molecule has 5 aromatic rings. The second-order valence-corrected chi connectivity index (χ2v) is 12.6. The maximum atomic E-state index is 14.4. The van der Waals surface area contributed by atoms with Crippen LogP contribution in [0.25, 0.3) is 21.7 Å². The highest BCUT2D eigenvalue weighted by Gasteiger charge is 2.57. The van der Waals surface area contributed by atoms with E-state index in [-0.39, 0.29) is 44.1 Å². The van der Waals surface area contributed by atoms with Crippen molar-refractivity contribution in [2.75, 3.05) is 13.7 Å². The standard InChI is InChI=1S/C40H37F3N6O6/c1-51-35(50)18-11-19-40(46-47-44)39(54-25-29-16-9-4-10-17-29)37(49-22-33(45-48-49)30-20-31(41)36(43)32(42)21-30)38(53-24-28-14-7-3-8-15-28)34(55-40)26-52-23-27-12-5-2-6-13-27/h2-18,20-22,34,37-39H,19,23-26H2,1H3/b18-11+/t34-,37+,38+,39-,40+/m1/s1. The first kappa shape index (κ1) is 38.9. The van der Waals surface area contributed by atoms with E-state index in [0.29, 0.717) is 0 Å². The number of carbonyl (C=O) groups is 1. The van der Waals surface area contributed by atoms with Gasteiger partial charge >= 0.3 is 5.97 Å². The number of aromatic nitrogens is 3. The zero-order valence-corrected chi connectivity index (χ0v) is 29.7. The van der Waals surface area contributed by atoms with E-state index in [1.807, 2.05) is 91.0 Å². The molecule has 1 aliphatic heterocycles. The molecule has 0 saturated carbocycles.